The molecule has 4 heteroatoms. The minimum absolute atomic E-state index is 0.194. The zero-order chi connectivity index (χ0) is 27.6. The maximum atomic E-state index is 15.2. The van der Waals surface area contributed by atoms with Gasteiger partial charge in [0.25, 0.3) is 0 Å². The average molecular weight is 537 g/mol. The summed E-state index contributed by atoms with van der Waals surface area (Å²) < 4.78 is 50.7. The van der Waals surface area contributed by atoms with Gasteiger partial charge in [0.05, 0.1) is 12.7 Å². The van der Waals surface area contributed by atoms with Crippen molar-refractivity contribution >= 4 is 0 Å². The fourth-order valence-electron chi connectivity index (χ4n) is 5.70. The van der Waals surface area contributed by atoms with Crippen molar-refractivity contribution in [1.82, 2.24) is 0 Å². The van der Waals surface area contributed by atoms with Crippen LogP contribution in [-0.4, -0.2) is 6.61 Å². The van der Waals surface area contributed by atoms with Crippen LogP contribution in [0.3, 0.4) is 0 Å². The minimum Gasteiger partial charge on any atom is -0.373 e. The zero-order valence-electron chi connectivity index (χ0n) is 23.6. The first-order valence-corrected chi connectivity index (χ1v) is 15.0. The topological polar surface area (TPSA) is 9.23 Å². The largest absolute Gasteiger partial charge is 0.373 e. The average Bonchev–Trinajstić information content (AvgIpc) is 2.96. The summed E-state index contributed by atoms with van der Waals surface area (Å²) in [6.45, 7) is 5.03. The highest BCUT2D eigenvalue weighted by Gasteiger charge is 2.25. The van der Waals surface area contributed by atoms with Gasteiger partial charge in [-0.3, -0.25) is 0 Å². The van der Waals surface area contributed by atoms with Crippen LogP contribution in [0.25, 0.3) is 22.3 Å². The van der Waals surface area contributed by atoms with Crippen molar-refractivity contribution in [2.75, 3.05) is 6.61 Å². The fraction of sp³-hybridized carbons (Fsp3) is 0.486. The molecule has 3 aromatic carbocycles. The number of benzene rings is 3. The fourth-order valence-corrected chi connectivity index (χ4v) is 5.70. The molecule has 1 aliphatic rings. The number of ether oxygens (including phenoxy) is 1. The second-order valence-electron chi connectivity index (χ2n) is 11.1. The van der Waals surface area contributed by atoms with Gasteiger partial charge < -0.3 is 4.74 Å². The molecule has 1 nitrogen and oxygen atoms in total. The van der Waals surface area contributed by atoms with Crippen LogP contribution in [0.1, 0.15) is 102 Å². The number of halogens is 3. The minimum atomic E-state index is -0.807. The molecule has 0 spiro atoms. The van der Waals surface area contributed by atoms with E-state index in [9.17, 15) is 8.78 Å². The SMILES string of the molecule is CCCCCCCC1CCC(c2ccc(-c3ccc(-c4ccc(CCCCC)c(F)c4F)cc3)cc2F)OC1. The molecule has 1 saturated heterocycles. The van der Waals surface area contributed by atoms with Crippen molar-refractivity contribution in [2.24, 2.45) is 5.92 Å². The van der Waals surface area contributed by atoms with Crippen molar-refractivity contribution in [3.63, 3.8) is 0 Å². The summed E-state index contributed by atoms with van der Waals surface area (Å²) in [7, 11) is 0. The van der Waals surface area contributed by atoms with E-state index in [1.807, 2.05) is 24.3 Å². The third-order valence-electron chi connectivity index (χ3n) is 8.17. The van der Waals surface area contributed by atoms with Gasteiger partial charge in [-0.25, -0.2) is 13.2 Å². The molecule has 0 aliphatic carbocycles. The van der Waals surface area contributed by atoms with Crippen LogP contribution in [0.5, 0.6) is 0 Å². The van der Waals surface area contributed by atoms with Crippen LogP contribution in [0.4, 0.5) is 13.2 Å². The highest BCUT2D eigenvalue weighted by molar-refractivity contribution is 5.71. The van der Waals surface area contributed by atoms with E-state index in [0.29, 0.717) is 35.6 Å². The lowest BCUT2D eigenvalue weighted by molar-refractivity contribution is -0.0215. The third kappa shape index (κ3) is 7.75. The van der Waals surface area contributed by atoms with Gasteiger partial charge in [-0.2, -0.15) is 0 Å². The van der Waals surface area contributed by atoms with Crippen LogP contribution >= 0.6 is 0 Å². The van der Waals surface area contributed by atoms with Crippen LogP contribution in [0, 0.1) is 23.4 Å². The Morgan fingerprint density at radius 3 is 2.08 bits per heavy atom. The molecule has 0 aromatic heterocycles. The van der Waals surface area contributed by atoms with Gasteiger partial charge in [0, 0.05) is 11.1 Å². The lowest BCUT2D eigenvalue weighted by Crippen LogP contribution is -2.21. The van der Waals surface area contributed by atoms with Crippen LogP contribution in [-0.2, 0) is 11.2 Å². The first-order valence-electron chi connectivity index (χ1n) is 15.0. The molecule has 4 rings (SSSR count). The van der Waals surface area contributed by atoms with Gasteiger partial charge in [-0.15, -0.1) is 0 Å². The first-order chi connectivity index (χ1) is 19.0. The van der Waals surface area contributed by atoms with Gasteiger partial charge in [-0.1, -0.05) is 107 Å². The standard InChI is InChI=1S/C35H43F3O/c1-3-5-7-8-10-11-25-13-22-33(39-24-25)31-21-19-29(23-32(31)36)26-14-16-27(17-15-26)30-20-18-28(12-9-6-4-2)34(37)35(30)38/h14-21,23,25,33H,3-13,22,24H2,1-2H3. The Labute approximate surface area is 232 Å². The molecule has 0 N–H and O–H groups in total. The maximum Gasteiger partial charge on any atom is 0.166 e. The van der Waals surface area contributed by atoms with Gasteiger partial charge in [0.1, 0.15) is 5.82 Å². The second kappa shape index (κ2) is 14.7. The molecule has 2 unspecified atom stereocenters. The molecule has 210 valence electrons. The molecule has 39 heavy (non-hydrogen) atoms. The zero-order valence-corrected chi connectivity index (χ0v) is 23.6. The molecule has 0 saturated carbocycles. The molecule has 1 fully saturated rings. The molecule has 2 atom stereocenters. The summed E-state index contributed by atoms with van der Waals surface area (Å²) >= 11 is 0. The smallest absolute Gasteiger partial charge is 0.166 e. The Hall–Kier alpha value is -2.59. The Morgan fingerprint density at radius 2 is 1.38 bits per heavy atom. The third-order valence-corrected chi connectivity index (χ3v) is 8.17. The number of hydrogen-bond donors (Lipinski definition) is 0. The Balaban J connectivity index is 1.37. The molecular weight excluding hydrogens is 493 g/mol. The summed E-state index contributed by atoms with van der Waals surface area (Å²) in [5.74, 6) is -1.24. The lowest BCUT2D eigenvalue weighted by Gasteiger charge is -2.29. The Kier molecular flexibility index (Phi) is 11.1. The van der Waals surface area contributed by atoms with Crippen molar-refractivity contribution < 1.29 is 17.9 Å². The predicted octanol–water partition coefficient (Wildman–Crippen LogP) is 11.0. The van der Waals surface area contributed by atoms with E-state index in [1.54, 1.807) is 30.3 Å². The highest BCUT2D eigenvalue weighted by Crippen LogP contribution is 2.36. The highest BCUT2D eigenvalue weighted by atomic mass is 19.2. The molecule has 0 bridgehead atoms. The number of rotatable bonds is 13. The normalized spacial score (nSPS) is 17.5. The van der Waals surface area contributed by atoms with E-state index in [-0.39, 0.29) is 17.5 Å². The first kappa shape index (κ1) is 29.4. The van der Waals surface area contributed by atoms with Crippen molar-refractivity contribution in [1.29, 1.82) is 0 Å². The van der Waals surface area contributed by atoms with E-state index in [4.69, 9.17) is 4.74 Å². The Bertz CT molecular complexity index is 1180. The van der Waals surface area contributed by atoms with Crippen LogP contribution in [0.2, 0.25) is 0 Å². The van der Waals surface area contributed by atoms with Gasteiger partial charge in [-0.05, 0) is 66.3 Å². The van der Waals surface area contributed by atoms with Crippen LogP contribution in [0.15, 0.2) is 54.6 Å². The molecule has 0 amide bonds. The van der Waals surface area contributed by atoms with Crippen LogP contribution < -0.4 is 0 Å². The molecular formula is C35H43F3O. The number of hydrogen-bond acceptors (Lipinski definition) is 1. The van der Waals surface area contributed by atoms with E-state index in [1.165, 1.54) is 38.5 Å². The summed E-state index contributed by atoms with van der Waals surface area (Å²) in [6, 6.07) is 15.8. The van der Waals surface area contributed by atoms with E-state index < -0.39 is 11.6 Å². The number of unbranched alkanes of at least 4 members (excludes halogenated alkanes) is 6. The molecule has 1 aliphatic heterocycles. The summed E-state index contributed by atoms with van der Waals surface area (Å²) in [4.78, 5) is 0. The van der Waals surface area contributed by atoms with Gasteiger partial charge in [0.15, 0.2) is 11.6 Å². The summed E-state index contributed by atoms with van der Waals surface area (Å²) in [5, 5.41) is 0. The summed E-state index contributed by atoms with van der Waals surface area (Å²) in [6.07, 6.45) is 12.8. The van der Waals surface area contributed by atoms with Crippen molar-refractivity contribution in [3.05, 3.63) is 83.2 Å². The van der Waals surface area contributed by atoms with Gasteiger partial charge >= 0.3 is 0 Å². The summed E-state index contributed by atoms with van der Waals surface area (Å²) in [5.41, 5.74) is 3.47. The monoisotopic (exact) mass is 536 g/mol. The number of aryl methyl sites for hydroxylation is 1. The maximum absolute atomic E-state index is 15.2. The van der Waals surface area contributed by atoms with Gasteiger partial charge in [0.2, 0.25) is 0 Å². The molecule has 3 aromatic rings. The lowest BCUT2D eigenvalue weighted by atomic mass is 9.90. The second-order valence-corrected chi connectivity index (χ2v) is 11.1. The predicted molar refractivity (Wildman–Crippen MR) is 155 cm³/mol. The van der Waals surface area contributed by atoms with E-state index in [2.05, 4.69) is 13.8 Å². The van der Waals surface area contributed by atoms with Crippen molar-refractivity contribution in [2.45, 2.75) is 97.0 Å². The van der Waals surface area contributed by atoms with E-state index in [0.717, 1.165) is 43.2 Å². The molecule has 1 heterocycles. The quantitative estimate of drug-likeness (QED) is 0.197. The molecule has 0 radical (unpaired) electrons. The Morgan fingerprint density at radius 1 is 0.692 bits per heavy atom. The van der Waals surface area contributed by atoms with Crippen molar-refractivity contribution in [3.8, 4) is 22.3 Å². The van der Waals surface area contributed by atoms with E-state index >= 15 is 4.39 Å².